The second kappa shape index (κ2) is 7.75. The van der Waals surface area contributed by atoms with E-state index in [0.29, 0.717) is 17.8 Å². The first-order chi connectivity index (χ1) is 14.3. The standard InChI is InChI=1S/C20H21ClFN3O5/c1-20(28,10-3-4-12(21)13(22)9-10)17-15(26)16(27)19(30-17)25-8-6-11-14(25)5-7-23-18(11)24-29-2/h3-4,6-9,15-17,19,26-28H,5H2,1-2H3/b24-18+/t15-,16+,17-,19+,20+/m0/s1. The minimum Gasteiger partial charge on any atom is -0.397 e. The number of halogens is 2. The van der Waals surface area contributed by atoms with Crippen molar-refractivity contribution in [3.63, 3.8) is 0 Å². The first kappa shape index (κ1) is 21.0. The maximum absolute atomic E-state index is 13.9. The summed E-state index contributed by atoms with van der Waals surface area (Å²) in [6.45, 7) is 1.39. The Kier molecular flexibility index (Phi) is 5.41. The fraction of sp³-hybridized carbons (Fsp3) is 0.400. The minimum atomic E-state index is -1.79. The van der Waals surface area contributed by atoms with Crippen LogP contribution in [-0.4, -0.2) is 57.4 Å². The average molecular weight is 438 g/mol. The highest BCUT2D eigenvalue weighted by atomic mass is 35.5. The van der Waals surface area contributed by atoms with Crippen molar-refractivity contribution in [1.82, 2.24) is 4.57 Å². The molecule has 2 aliphatic rings. The number of amidine groups is 1. The molecule has 2 aromatic rings. The molecule has 3 N–H and O–H groups in total. The van der Waals surface area contributed by atoms with Gasteiger partial charge in [0.15, 0.2) is 12.1 Å². The summed E-state index contributed by atoms with van der Waals surface area (Å²) < 4.78 is 21.5. The van der Waals surface area contributed by atoms with Crippen LogP contribution in [0.5, 0.6) is 0 Å². The topological polar surface area (TPSA) is 109 Å². The van der Waals surface area contributed by atoms with E-state index in [4.69, 9.17) is 21.2 Å². The van der Waals surface area contributed by atoms with E-state index in [2.05, 4.69) is 10.1 Å². The fourth-order valence-electron chi connectivity index (χ4n) is 3.91. The third-order valence-electron chi connectivity index (χ3n) is 5.51. The normalized spacial score (nSPS) is 29.1. The number of hydrogen-bond donors (Lipinski definition) is 3. The van der Waals surface area contributed by atoms with E-state index in [1.54, 1.807) is 23.0 Å². The van der Waals surface area contributed by atoms with Crippen LogP contribution in [0.3, 0.4) is 0 Å². The van der Waals surface area contributed by atoms with Crippen LogP contribution in [0.25, 0.3) is 0 Å². The Morgan fingerprint density at radius 3 is 2.80 bits per heavy atom. The maximum atomic E-state index is 13.9. The Hall–Kier alpha value is -2.30. The van der Waals surface area contributed by atoms with E-state index >= 15 is 0 Å². The zero-order valence-electron chi connectivity index (χ0n) is 16.2. The van der Waals surface area contributed by atoms with Crippen molar-refractivity contribution in [1.29, 1.82) is 0 Å². The largest absolute Gasteiger partial charge is 0.397 e. The van der Waals surface area contributed by atoms with E-state index in [1.165, 1.54) is 26.2 Å². The van der Waals surface area contributed by atoms with Gasteiger partial charge in [0.1, 0.15) is 36.8 Å². The Labute approximate surface area is 176 Å². The number of oxime groups is 1. The second-order valence-electron chi connectivity index (χ2n) is 7.40. The highest BCUT2D eigenvalue weighted by molar-refractivity contribution is 6.30. The van der Waals surface area contributed by atoms with Crippen molar-refractivity contribution in [2.75, 3.05) is 7.11 Å². The molecule has 8 nitrogen and oxygen atoms in total. The van der Waals surface area contributed by atoms with Crippen LogP contribution in [0.2, 0.25) is 5.02 Å². The molecule has 2 aliphatic heterocycles. The van der Waals surface area contributed by atoms with Crippen molar-refractivity contribution in [3.8, 4) is 0 Å². The molecule has 10 heteroatoms. The molecule has 1 aromatic carbocycles. The Morgan fingerprint density at radius 2 is 2.10 bits per heavy atom. The molecule has 0 bridgehead atoms. The van der Waals surface area contributed by atoms with Crippen LogP contribution in [0.1, 0.15) is 30.0 Å². The van der Waals surface area contributed by atoms with Crippen molar-refractivity contribution in [3.05, 3.63) is 58.1 Å². The molecule has 160 valence electrons. The summed E-state index contributed by atoms with van der Waals surface area (Å²) in [5, 5.41) is 36.2. The van der Waals surface area contributed by atoms with Crippen molar-refractivity contribution >= 4 is 23.7 Å². The van der Waals surface area contributed by atoms with Gasteiger partial charge in [-0.15, -0.1) is 0 Å². The van der Waals surface area contributed by atoms with Crippen LogP contribution in [0, 0.1) is 5.82 Å². The number of aliphatic imine (C=N–C) groups is 1. The van der Waals surface area contributed by atoms with E-state index in [-0.39, 0.29) is 10.6 Å². The molecule has 1 fully saturated rings. The van der Waals surface area contributed by atoms with Crippen molar-refractivity contribution in [2.24, 2.45) is 10.1 Å². The van der Waals surface area contributed by atoms with Crippen LogP contribution in [0.15, 0.2) is 40.6 Å². The van der Waals surface area contributed by atoms with Crippen LogP contribution < -0.4 is 0 Å². The van der Waals surface area contributed by atoms with Gasteiger partial charge in [0.05, 0.1) is 5.02 Å². The predicted octanol–water partition coefficient (Wildman–Crippen LogP) is 1.74. The number of fused-ring (bicyclic) bond motifs is 1. The first-order valence-electron chi connectivity index (χ1n) is 9.29. The lowest BCUT2D eigenvalue weighted by molar-refractivity contribution is -0.136. The number of aliphatic hydroxyl groups excluding tert-OH is 2. The molecular formula is C20H21ClFN3O5. The molecule has 1 aromatic heterocycles. The quantitative estimate of drug-likeness (QED) is 0.631. The highest BCUT2D eigenvalue weighted by Crippen LogP contribution is 2.41. The number of benzene rings is 1. The predicted molar refractivity (Wildman–Crippen MR) is 107 cm³/mol. The van der Waals surface area contributed by atoms with Gasteiger partial charge in [-0.2, -0.15) is 0 Å². The third-order valence-corrected chi connectivity index (χ3v) is 5.82. The van der Waals surface area contributed by atoms with Gasteiger partial charge in [0, 0.05) is 30.1 Å². The van der Waals surface area contributed by atoms with Gasteiger partial charge in [0.25, 0.3) is 0 Å². The van der Waals surface area contributed by atoms with Crippen LogP contribution in [-0.2, 0) is 21.6 Å². The molecule has 0 spiro atoms. The lowest BCUT2D eigenvalue weighted by atomic mass is 9.86. The van der Waals surface area contributed by atoms with Gasteiger partial charge >= 0.3 is 0 Å². The van der Waals surface area contributed by atoms with E-state index in [9.17, 15) is 19.7 Å². The molecule has 30 heavy (non-hydrogen) atoms. The maximum Gasteiger partial charge on any atom is 0.200 e. The Morgan fingerprint density at radius 1 is 1.33 bits per heavy atom. The molecule has 0 aliphatic carbocycles. The summed E-state index contributed by atoms with van der Waals surface area (Å²) in [5.41, 5.74) is -0.162. The molecule has 0 unspecified atom stereocenters. The van der Waals surface area contributed by atoms with Gasteiger partial charge in [-0.1, -0.05) is 22.8 Å². The second-order valence-corrected chi connectivity index (χ2v) is 7.81. The lowest BCUT2D eigenvalue weighted by Crippen LogP contribution is -2.45. The summed E-state index contributed by atoms with van der Waals surface area (Å²) in [6, 6.07) is 5.60. The monoisotopic (exact) mass is 437 g/mol. The minimum absolute atomic E-state index is 0.0884. The molecule has 3 heterocycles. The number of aliphatic hydroxyl groups is 3. The highest BCUT2D eigenvalue weighted by Gasteiger charge is 2.52. The zero-order valence-corrected chi connectivity index (χ0v) is 17.0. The van der Waals surface area contributed by atoms with Gasteiger partial charge in [-0.3, -0.25) is 0 Å². The zero-order chi connectivity index (χ0) is 21.6. The Balaban J connectivity index is 1.66. The molecule has 4 rings (SSSR count). The molecule has 5 atom stereocenters. The number of aromatic nitrogens is 1. The molecule has 0 saturated carbocycles. The number of hydrogen-bond acceptors (Lipinski definition) is 6. The van der Waals surface area contributed by atoms with Crippen LogP contribution in [0.4, 0.5) is 4.39 Å². The fourth-order valence-corrected chi connectivity index (χ4v) is 4.03. The smallest absolute Gasteiger partial charge is 0.200 e. The van der Waals surface area contributed by atoms with Gasteiger partial charge < -0.3 is 29.5 Å². The third kappa shape index (κ3) is 3.32. The number of rotatable bonds is 4. The summed E-state index contributed by atoms with van der Waals surface area (Å²) in [6.07, 6.45) is -1.17. The Bertz CT molecular complexity index is 1020. The SMILES string of the molecule is CO/N=C1/N=CCc2c1ccn2[C@@H]1O[C@H]([C@](C)(O)c2ccc(Cl)c(F)c2)[C@@H](O)[C@H]1O. The van der Waals surface area contributed by atoms with E-state index in [1.807, 2.05) is 0 Å². The van der Waals surface area contributed by atoms with Gasteiger partial charge in [-0.25, -0.2) is 9.38 Å². The molecule has 0 amide bonds. The van der Waals surface area contributed by atoms with Crippen LogP contribution >= 0.6 is 11.6 Å². The first-order valence-corrected chi connectivity index (χ1v) is 9.66. The summed E-state index contributed by atoms with van der Waals surface area (Å²) in [4.78, 5) is 9.00. The lowest BCUT2D eigenvalue weighted by Gasteiger charge is -2.32. The summed E-state index contributed by atoms with van der Waals surface area (Å²) in [7, 11) is 1.42. The summed E-state index contributed by atoms with van der Waals surface area (Å²) >= 11 is 5.72. The number of nitrogens with zero attached hydrogens (tertiary/aromatic N) is 3. The van der Waals surface area contributed by atoms with E-state index in [0.717, 1.165) is 11.8 Å². The van der Waals surface area contributed by atoms with Crippen molar-refractivity contribution < 1.29 is 29.3 Å². The van der Waals surface area contributed by atoms with Gasteiger partial charge in [-0.05, 0) is 30.7 Å². The molecule has 1 saturated heterocycles. The average Bonchev–Trinajstić information content (AvgIpc) is 3.27. The molecule has 0 radical (unpaired) electrons. The number of ether oxygens (including phenoxy) is 1. The van der Waals surface area contributed by atoms with Crippen molar-refractivity contribution in [2.45, 2.75) is 43.5 Å². The molecular weight excluding hydrogens is 417 g/mol. The summed E-state index contributed by atoms with van der Waals surface area (Å²) in [5.74, 6) is -0.325. The van der Waals surface area contributed by atoms with Gasteiger partial charge in [0.2, 0.25) is 0 Å². The van der Waals surface area contributed by atoms with E-state index < -0.39 is 36.0 Å².